The van der Waals surface area contributed by atoms with Crippen molar-refractivity contribution < 1.29 is 9.72 Å². The fraction of sp³-hybridized carbons (Fsp3) is 0.385. The van der Waals surface area contributed by atoms with Gasteiger partial charge >= 0.3 is 0 Å². The molecule has 0 spiro atoms. The predicted octanol–water partition coefficient (Wildman–Crippen LogP) is 1.78. The lowest BCUT2D eigenvalue weighted by Gasteiger charge is -2.09. The van der Waals surface area contributed by atoms with Crippen molar-refractivity contribution in [1.29, 1.82) is 5.26 Å². The van der Waals surface area contributed by atoms with Crippen molar-refractivity contribution in [1.82, 2.24) is 0 Å². The summed E-state index contributed by atoms with van der Waals surface area (Å²) in [6, 6.07) is 5.74. The van der Waals surface area contributed by atoms with Crippen LogP contribution < -0.4 is 11.1 Å². The standard InChI is InChI=1S/C13H16N4O3/c1-9(7-14)2-5-13(18)16-11-4-3-10(8-15)6-12(11)17(19)20/h3-4,6,9H,2,5,7,14H2,1H3,(H,16,18). The molecule has 1 aromatic carbocycles. The molecule has 3 N–H and O–H groups in total. The van der Waals surface area contributed by atoms with Gasteiger partial charge in [-0.05, 0) is 31.0 Å². The Morgan fingerprint density at radius 2 is 2.30 bits per heavy atom. The molecule has 0 aromatic heterocycles. The van der Waals surface area contributed by atoms with Crippen LogP contribution in [0.5, 0.6) is 0 Å². The average Bonchev–Trinajstić information content (AvgIpc) is 2.44. The number of nitrogens with two attached hydrogens (primary N) is 1. The zero-order valence-electron chi connectivity index (χ0n) is 11.1. The number of anilines is 1. The van der Waals surface area contributed by atoms with Gasteiger partial charge in [-0.1, -0.05) is 6.92 Å². The minimum Gasteiger partial charge on any atom is -0.330 e. The number of nitriles is 1. The van der Waals surface area contributed by atoms with Crippen molar-refractivity contribution in [2.24, 2.45) is 11.7 Å². The molecule has 1 rings (SSSR count). The number of carbonyl (C=O) groups excluding carboxylic acids is 1. The zero-order valence-corrected chi connectivity index (χ0v) is 11.1. The maximum atomic E-state index is 11.7. The lowest BCUT2D eigenvalue weighted by atomic mass is 10.1. The first-order chi connectivity index (χ1) is 9.47. The van der Waals surface area contributed by atoms with E-state index < -0.39 is 4.92 Å². The van der Waals surface area contributed by atoms with Crippen LogP contribution in [-0.4, -0.2) is 17.4 Å². The summed E-state index contributed by atoms with van der Waals surface area (Å²) in [4.78, 5) is 22.0. The molecular weight excluding hydrogens is 260 g/mol. The first kappa shape index (κ1) is 15.6. The van der Waals surface area contributed by atoms with E-state index in [9.17, 15) is 14.9 Å². The van der Waals surface area contributed by atoms with Gasteiger partial charge in [-0.2, -0.15) is 5.26 Å². The molecule has 0 bridgehead atoms. The molecule has 20 heavy (non-hydrogen) atoms. The Morgan fingerprint density at radius 1 is 1.60 bits per heavy atom. The second-order valence-electron chi connectivity index (χ2n) is 4.53. The number of carbonyl (C=O) groups is 1. The van der Waals surface area contributed by atoms with Crippen LogP contribution in [0.2, 0.25) is 0 Å². The quantitative estimate of drug-likeness (QED) is 0.605. The van der Waals surface area contributed by atoms with E-state index in [2.05, 4.69) is 5.32 Å². The molecule has 0 heterocycles. The lowest BCUT2D eigenvalue weighted by Crippen LogP contribution is -2.17. The van der Waals surface area contributed by atoms with Gasteiger partial charge in [0.2, 0.25) is 5.91 Å². The smallest absolute Gasteiger partial charge is 0.294 e. The Bertz CT molecular complexity index is 551. The topological polar surface area (TPSA) is 122 Å². The summed E-state index contributed by atoms with van der Waals surface area (Å²) in [6.07, 6.45) is 0.863. The molecule has 1 aromatic rings. The summed E-state index contributed by atoms with van der Waals surface area (Å²) in [6.45, 7) is 2.42. The largest absolute Gasteiger partial charge is 0.330 e. The number of amides is 1. The molecule has 0 radical (unpaired) electrons. The molecule has 0 aliphatic heterocycles. The number of nitro benzene ring substituents is 1. The van der Waals surface area contributed by atoms with Gasteiger partial charge in [0.25, 0.3) is 5.69 Å². The normalized spacial score (nSPS) is 11.4. The van der Waals surface area contributed by atoms with E-state index in [1.165, 1.54) is 12.1 Å². The number of hydrogen-bond donors (Lipinski definition) is 2. The van der Waals surface area contributed by atoms with E-state index in [0.717, 1.165) is 6.07 Å². The van der Waals surface area contributed by atoms with Crippen molar-refractivity contribution in [3.63, 3.8) is 0 Å². The van der Waals surface area contributed by atoms with Crippen LogP contribution in [-0.2, 0) is 4.79 Å². The van der Waals surface area contributed by atoms with Crippen molar-refractivity contribution in [2.45, 2.75) is 19.8 Å². The monoisotopic (exact) mass is 276 g/mol. The third-order valence-corrected chi connectivity index (χ3v) is 2.86. The van der Waals surface area contributed by atoms with E-state index in [1.54, 1.807) is 0 Å². The zero-order chi connectivity index (χ0) is 15.1. The third-order valence-electron chi connectivity index (χ3n) is 2.86. The Hall–Kier alpha value is -2.46. The summed E-state index contributed by atoms with van der Waals surface area (Å²) < 4.78 is 0. The Balaban J connectivity index is 2.79. The highest BCUT2D eigenvalue weighted by Gasteiger charge is 2.17. The minimum absolute atomic E-state index is 0.0967. The summed E-state index contributed by atoms with van der Waals surface area (Å²) in [5, 5.41) is 22.1. The van der Waals surface area contributed by atoms with Crippen molar-refractivity contribution in [3.8, 4) is 6.07 Å². The molecule has 7 heteroatoms. The van der Waals surface area contributed by atoms with Gasteiger partial charge in [0.1, 0.15) is 5.69 Å². The van der Waals surface area contributed by atoms with Crippen LogP contribution in [0.4, 0.5) is 11.4 Å². The Morgan fingerprint density at radius 3 is 2.85 bits per heavy atom. The van der Waals surface area contributed by atoms with E-state index >= 15 is 0 Å². The SMILES string of the molecule is CC(CN)CCC(=O)Nc1ccc(C#N)cc1[N+](=O)[O-]. The number of rotatable bonds is 6. The maximum Gasteiger partial charge on any atom is 0.294 e. The van der Waals surface area contributed by atoms with Crippen LogP contribution in [0, 0.1) is 27.4 Å². The number of nitrogens with one attached hydrogen (secondary N) is 1. The second kappa shape index (κ2) is 7.21. The van der Waals surface area contributed by atoms with Gasteiger partial charge in [0.15, 0.2) is 0 Å². The van der Waals surface area contributed by atoms with Crippen LogP contribution >= 0.6 is 0 Å². The Labute approximate surface area is 116 Å². The highest BCUT2D eigenvalue weighted by atomic mass is 16.6. The molecule has 1 atom stereocenters. The van der Waals surface area contributed by atoms with Crippen LogP contribution in [0.25, 0.3) is 0 Å². The Kier molecular flexibility index (Phi) is 5.62. The van der Waals surface area contributed by atoms with E-state index in [4.69, 9.17) is 11.0 Å². The van der Waals surface area contributed by atoms with Crippen LogP contribution in [0.15, 0.2) is 18.2 Å². The van der Waals surface area contributed by atoms with Gasteiger partial charge in [-0.25, -0.2) is 0 Å². The van der Waals surface area contributed by atoms with Crippen molar-refractivity contribution in [2.75, 3.05) is 11.9 Å². The first-order valence-electron chi connectivity index (χ1n) is 6.16. The molecule has 0 aliphatic carbocycles. The average molecular weight is 276 g/mol. The molecule has 0 saturated carbocycles. The highest BCUT2D eigenvalue weighted by molar-refractivity contribution is 5.93. The molecule has 106 valence electrons. The van der Waals surface area contributed by atoms with E-state index in [-0.39, 0.29) is 35.2 Å². The number of hydrogen-bond acceptors (Lipinski definition) is 5. The van der Waals surface area contributed by atoms with Gasteiger partial charge in [-0.15, -0.1) is 0 Å². The lowest BCUT2D eigenvalue weighted by molar-refractivity contribution is -0.383. The summed E-state index contributed by atoms with van der Waals surface area (Å²) >= 11 is 0. The predicted molar refractivity (Wildman–Crippen MR) is 73.9 cm³/mol. The molecular formula is C13H16N4O3. The van der Waals surface area contributed by atoms with Crippen molar-refractivity contribution >= 4 is 17.3 Å². The number of nitro groups is 1. The molecule has 0 aliphatic rings. The van der Waals surface area contributed by atoms with Crippen LogP contribution in [0.3, 0.4) is 0 Å². The minimum atomic E-state index is -0.626. The van der Waals surface area contributed by atoms with Gasteiger partial charge < -0.3 is 11.1 Å². The summed E-state index contributed by atoms with van der Waals surface area (Å²) in [5.41, 5.74) is 5.44. The first-order valence-corrected chi connectivity index (χ1v) is 6.16. The summed E-state index contributed by atoms with van der Waals surface area (Å²) in [5.74, 6) is -0.0881. The summed E-state index contributed by atoms with van der Waals surface area (Å²) in [7, 11) is 0. The van der Waals surface area contributed by atoms with E-state index in [1.807, 2.05) is 13.0 Å². The number of nitrogens with zero attached hydrogens (tertiary/aromatic N) is 2. The fourth-order valence-electron chi connectivity index (χ4n) is 1.57. The maximum absolute atomic E-state index is 11.7. The van der Waals surface area contributed by atoms with Crippen LogP contribution in [0.1, 0.15) is 25.3 Å². The van der Waals surface area contributed by atoms with Gasteiger partial charge in [-0.3, -0.25) is 14.9 Å². The fourth-order valence-corrected chi connectivity index (χ4v) is 1.57. The molecule has 7 nitrogen and oxygen atoms in total. The van der Waals surface area contributed by atoms with Gasteiger partial charge in [0, 0.05) is 12.5 Å². The second-order valence-corrected chi connectivity index (χ2v) is 4.53. The highest BCUT2D eigenvalue weighted by Crippen LogP contribution is 2.25. The third kappa shape index (κ3) is 4.33. The van der Waals surface area contributed by atoms with Crippen molar-refractivity contribution in [3.05, 3.63) is 33.9 Å². The molecule has 0 saturated heterocycles. The van der Waals surface area contributed by atoms with E-state index in [0.29, 0.717) is 13.0 Å². The molecule has 1 amide bonds. The molecule has 0 fully saturated rings. The molecule has 1 unspecified atom stereocenters. The number of benzene rings is 1. The van der Waals surface area contributed by atoms with Gasteiger partial charge in [0.05, 0.1) is 16.6 Å².